The summed E-state index contributed by atoms with van der Waals surface area (Å²) in [6, 6.07) is 2.86. The fourth-order valence-electron chi connectivity index (χ4n) is 3.11. The summed E-state index contributed by atoms with van der Waals surface area (Å²) in [5.41, 5.74) is -0.432. The Labute approximate surface area is 183 Å². The lowest BCUT2D eigenvalue weighted by Crippen LogP contribution is -2.33. The van der Waals surface area contributed by atoms with Crippen LogP contribution in [0.15, 0.2) is 27.6 Å². The molecule has 2 aromatic rings. The van der Waals surface area contributed by atoms with E-state index >= 15 is 0 Å². The molecule has 0 aliphatic carbocycles. The van der Waals surface area contributed by atoms with Gasteiger partial charge in [-0.25, -0.2) is 8.42 Å². The van der Waals surface area contributed by atoms with Crippen LogP contribution in [0.2, 0.25) is 0 Å². The first-order chi connectivity index (χ1) is 15.1. The number of carbonyl (C=O) groups is 1. The van der Waals surface area contributed by atoms with Gasteiger partial charge in [-0.3, -0.25) is 4.79 Å². The van der Waals surface area contributed by atoms with Gasteiger partial charge in [-0.2, -0.15) is 31.3 Å². The fourth-order valence-corrected chi connectivity index (χ4v) is 3.76. The number of carbonyl (C=O) groups excluding carboxylic acids is 1. The van der Waals surface area contributed by atoms with Crippen LogP contribution in [-0.2, 0) is 16.0 Å². The van der Waals surface area contributed by atoms with Crippen molar-refractivity contribution in [2.75, 3.05) is 19.3 Å². The minimum atomic E-state index is -4.84. The van der Waals surface area contributed by atoms with Crippen molar-refractivity contribution in [3.63, 3.8) is 0 Å². The standard InChI is InChI=1S/C18H17F6N3O5S/c1-9(17(19,20)21)31-13-4-3-11(33(2,29)30)7-12(13)15(28)27-6-5-10(8-27)14-25-16(32-26-14)18(22,23)24/h3-4,7,9-10H,5-6,8H2,1-2H3. The van der Waals surface area contributed by atoms with Crippen molar-refractivity contribution in [2.24, 2.45) is 0 Å². The maximum atomic E-state index is 13.0. The number of ether oxygens (including phenoxy) is 1. The second kappa shape index (κ2) is 8.50. The third-order valence-corrected chi connectivity index (χ3v) is 6.01. The van der Waals surface area contributed by atoms with Gasteiger partial charge < -0.3 is 14.2 Å². The summed E-state index contributed by atoms with van der Waals surface area (Å²) < 4.78 is 110. The Morgan fingerprint density at radius 2 is 1.91 bits per heavy atom. The minimum Gasteiger partial charge on any atom is -0.480 e. The molecule has 0 bridgehead atoms. The molecule has 1 amide bonds. The molecule has 1 aromatic carbocycles. The lowest BCUT2D eigenvalue weighted by atomic mass is 10.1. The van der Waals surface area contributed by atoms with E-state index in [1.807, 2.05) is 0 Å². The molecule has 0 spiro atoms. The van der Waals surface area contributed by atoms with E-state index in [9.17, 15) is 39.6 Å². The van der Waals surface area contributed by atoms with Gasteiger partial charge in [-0.1, -0.05) is 5.16 Å². The van der Waals surface area contributed by atoms with Crippen LogP contribution >= 0.6 is 0 Å². The van der Waals surface area contributed by atoms with Gasteiger partial charge in [0.1, 0.15) is 5.75 Å². The highest BCUT2D eigenvalue weighted by atomic mass is 32.2. The largest absolute Gasteiger partial charge is 0.480 e. The van der Waals surface area contributed by atoms with E-state index in [0.717, 1.165) is 36.3 Å². The van der Waals surface area contributed by atoms with Crippen LogP contribution in [0, 0.1) is 0 Å². The molecule has 33 heavy (non-hydrogen) atoms. The van der Waals surface area contributed by atoms with Gasteiger partial charge in [0.05, 0.1) is 10.5 Å². The molecule has 1 aromatic heterocycles. The van der Waals surface area contributed by atoms with Gasteiger partial charge in [0.25, 0.3) is 5.91 Å². The van der Waals surface area contributed by atoms with Gasteiger partial charge in [0, 0.05) is 25.3 Å². The molecule has 0 radical (unpaired) electrons. The number of rotatable bonds is 5. The Balaban J connectivity index is 1.88. The van der Waals surface area contributed by atoms with Gasteiger partial charge in [-0.15, -0.1) is 0 Å². The van der Waals surface area contributed by atoms with Crippen LogP contribution in [0.1, 0.15) is 41.3 Å². The molecule has 2 heterocycles. The third-order valence-electron chi connectivity index (χ3n) is 4.90. The number of hydrogen-bond acceptors (Lipinski definition) is 7. The van der Waals surface area contributed by atoms with Gasteiger partial charge >= 0.3 is 18.2 Å². The van der Waals surface area contributed by atoms with Gasteiger partial charge in [0.2, 0.25) is 0 Å². The molecule has 3 rings (SSSR count). The summed E-state index contributed by atoms with van der Waals surface area (Å²) in [4.78, 5) is 17.2. The second-order valence-electron chi connectivity index (χ2n) is 7.42. The topological polar surface area (TPSA) is 103 Å². The molecule has 0 saturated carbocycles. The van der Waals surface area contributed by atoms with Crippen molar-refractivity contribution in [2.45, 2.75) is 42.6 Å². The Bertz CT molecular complexity index is 1150. The molecule has 1 saturated heterocycles. The molecule has 15 heteroatoms. The lowest BCUT2D eigenvalue weighted by molar-refractivity contribution is -0.189. The van der Waals surface area contributed by atoms with Crippen molar-refractivity contribution in [3.8, 4) is 5.75 Å². The number of benzene rings is 1. The van der Waals surface area contributed by atoms with Gasteiger partial charge in [0.15, 0.2) is 21.8 Å². The quantitative estimate of drug-likeness (QED) is 0.579. The van der Waals surface area contributed by atoms with Crippen LogP contribution in [0.5, 0.6) is 5.75 Å². The summed E-state index contributed by atoms with van der Waals surface area (Å²) in [7, 11) is -3.81. The number of halogens is 6. The maximum absolute atomic E-state index is 13.0. The first kappa shape index (κ1) is 24.8. The molecule has 2 unspecified atom stereocenters. The Hall–Kier alpha value is -2.84. The van der Waals surface area contributed by atoms with Crippen LogP contribution in [-0.4, -0.2) is 61.0 Å². The molecular formula is C18H17F6N3O5S. The molecule has 8 nitrogen and oxygen atoms in total. The zero-order valence-electron chi connectivity index (χ0n) is 17.1. The third kappa shape index (κ3) is 5.57. The van der Waals surface area contributed by atoms with Gasteiger partial charge in [-0.05, 0) is 31.5 Å². The van der Waals surface area contributed by atoms with E-state index in [0.29, 0.717) is 0 Å². The monoisotopic (exact) mass is 501 g/mol. The van der Waals surface area contributed by atoms with E-state index in [1.165, 1.54) is 0 Å². The number of alkyl halides is 6. The summed E-state index contributed by atoms with van der Waals surface area (Å²) >= 11 is 0. The van der Waals surface area contributed by atoms with E-state index in [-0.39, 0.29) is 30.2 Å². The molecular weight excluding hydrogens is 484 g/mol. The molecule has 182 valence electrons. The zero-order valence-corrected chi connectivity index (χ0v) is 17.9. The summed E-state index contributed by atoms with van der Waals surface area (Å²) in [6.45, 7) is 0.572. The Morgan fingerprint density at radius 1 is 1.24 bits per heavy atom. The highest BCUT2D eigenvalue weighted by Gasteiger charge is 2.41. The average molecular weight is 501 g/mol. The Kier molecular flexibility index (Phi) is 6.39. The molecule has 1 aliphatic rings. The number of hydrogen-bond donors (Lipinski definition) is 0. The van der Waals surface area contributed by atoms with E-state index in [2.05, 4.69) is 14.7 Å². The normalized spacial score (nSPS) is 18.4. The van der Waals surface area contributed by atoms with Crippen molar-refractivity contribution in [1.82, 2.24) is 15.0 Å². The summed E-state index contributed by atoms with van der Waals surface area (Å²) in [6.07, 6.45) is -10.9. The highest BCUT2D eigenvalue weighted by molar-refractivity contribution is 7.90. The van der Waals surface area contributed by atoms with Crippen LogP contribution < -0.4 is 4.74 Å². The molecule has 0 N–H and O–H groups in total. The Morgan fingerprint density at radius 3 is 2.45 bits per heavy atom. The van der Waals surface area contributed by atoms with Crippen molar-refractivity contribution >= 4 is 15.7 Å². The first-order valence-electron chi connectivity index (χ1n) is 9.35. The van der Waals surface area contributed by atoms with Crippen molar-refractivity contribution in [1.29, 1.82) is 0 Å². The van der Waals surface area contributed by atoms with Crippen LogP contribution in [0.4, 0.5) is 26.3 Å². The molecule has 2 atom stereocenters. The zero-order chi connectivity index (χ0) is 24.8. The first-order valence-corrected chi connectivity index (χ1v) is 11.2. The number of sulfone groups is 1. The summed E-state index contributed by atoms with van der Waals surface area (Å²) in [5, 5.41) is 3.29. The predicted octanol–water partition coefficient (Wildman–Crippen LogP) is 3.45. The number of amides is 1. The van der Waals surface area contributed by atoms with Crippen molar-refractivity contribution < 1.29 is 48.8 Å². The number of likely N-dealkylation sites (tertiary alicyclic amines) is 1. The van der Waals surface area contributed by atoms with Crippen LogP contribution in [0.3, 0.4) is 0 Å². The second-order valence-corrected chi connectivity index (χ2v) is 9.44. The SMILES string of the molecule is CC(Oc1ccc(S(C)(=O)=O)cc1C(=O)N1CCC(c2noc(C(F)(F)F)n2)C1)C(F)(F)F. The smallest absolute Gasteiger partial charge is 0.471 e. The number of nitrogens with zero attached hydrogens (tertiary/aromatic N) is 3. The van der Waals surface area contributed by atoms with Crippen molar-refractivity contribution in [3.05, 3.63) is 35.5 Å². The molecule has 1 fully saturated rings. The number of aromatic nitrogens is 2. The fraction of sp³-hybridized carbons (Fsp3) is 0.500. The predicted molar refractivity (Wildman–Crippen MR) is 98.3 cm³/mol. The summed E-state index contributed by atoms with van der Waals surface area (Å²) in [5.74, 6) is -3.87. The minimum absolute atomic E-state index is 0.0107. The van der Waals surface area contributed by atoms with E-state index in [1.54, 1.807) is 0 Å². The van der Waals surface area contributed by atoms with E-state index in [4.69, 9.17) is 4.74 Å². The lowest BCUT2D eigenvalue weighted by Gasteiger charge is -2.22. The highest BCUT2D eigenvalue weighted by Crippen LogP contribution is 2.34. The molecule has 1 aliphatic heterocycles. The van der Waals surface area contributed by atoms with Crippen LogP contribution in [0.25, 0.3) is 0 Å². The van der Waals surface area contributed by atoms with E-state index < -0.39 is 57.3 Å². The average Bonchev–Trinajstić information content (AvgIpc) is 3.35. The maximum Gasteiger partial charge on any atom is 0.471 e.